The molecule has 1 aromatic heterocycles. The molecule has 98 valence electrons. The second kappa shape index (κ2) is 5.38. The first-order valence-electron chi connectivity index (χ1n) is 6.53. The zero-order chi connectivity index (χ0) is 13.1. The molecule has 1 aliphatic rings. The molecule has 0 spiro atoms. The van der Waals surface area contributed by atoms with Crippen LogP contribution in [-0.4, -0.2) is 34.7 Å². The highest BCUT2D eigenvalue weighted by Crippen LogP contribution is 2.15. The van der Waals surface area contributed by atoms with Crippen molar-refractivity contribution in [1.82, 2.24) is 9.47 Å². The van der Waals surface area contributed by atoms with Gasteiger partial charge in [-0.3, -0.25) is 9.59 Å². The van der Waals surface area contributed by atoms with Crippen molar-refractivity contribution in [2.24, 2.45) is 0 Å². The predicted molar refractivity (Wildman–Crippen MR) is 69.7 cm³/mol. The van der Waals surface area contributed by atoms with Crippen LogP contribution in [0.25, 0.3) is 0 Å². The van der Waals surface area contributed by atoms with Gasteiger partial charge in [-0.25, -0.2) is 0 Å². The maximum absolute atomic E-state index is 12.2. The van der Waals surface area contributed by atoms with Gasteiger partial charge in [-0.2, -0.15) is 0 Å². The molecule has 18 heavy (non-hydrogen) atoms. The third-order valence-electron chi connectivity index (χ3n) is 3.74. The third-order valence-corrected chi connectivity index (χ3v) is 3.74. The van der Waals surface area contributed by atoms with Gasteiger partial charge < -0.3 is 9.47 Å². The number of likely N-dealkylation sites (tertiary alicyclic amines) is 1. The zero-order valence-electron chi connectivity index (χ0n) is 11.1. The van der Waals surface area contributed by atoms with Crippen molar-refractivity contribution in [3.05, 3.63) is 23.0 Å². The van der Waals surface area contributed by atoms with Crippen molar-refractivity contribution < 1.29 is 9.59 Å². The van der Waals surface area contributed by atoms with E-state index in [1.54, 1.807) is 0 Å². The van der Waals surface area contributed by atoms with E-state index < -0.39 is 0 Å². The molecule has 0 atom stereocenters. The monoisotopic (exact) mass is 248 g/mol. The van der Waals surface area contributed by atoms with E-state index >= 15 is 0 Å². The number of aromatic nitrogens is 1. The predicted octanol–water partition coefficient (Wildman–Crippen LogP) is 1.93. The quantitative estimate of drug-likeness (QED) is 0.767. The van der Waals surface area contributed by atoms with Crippen molar-refractivity contribution in [1.29, 1.82) is 0 Å². The van der Waals surface area contributed by atoms with Crippen LogP contribution in [0.2, 0.25) is 0 Å². The lowest BCUT2D eigenvalue weighted by molar-refractivity contribution is -0.132. The number of carbonyl (C=O) groups is 2. The molecule has 1 aromatic rings. The number of carbonyl (C=O) groups excluding carboxylic acids is 2. The standard InChI is InChI=1S/C14H20N2O2/c1-11-8-13(10-17)12(2)16(11)9-14(18)15-6-4-3-5-7-15/h8,10H,3-7,9H2,1-2H3. The fourth-order valence-corrected chi connectivity index (χ4v) is 2.57. The maximum atomic E-state index is 12.2. The Labute approximate surface area is 108 Å². The van der Waals surface area contributed by atoms with Gasteiger partial charge in [-0.05, 0) is 39.2 Å². The van der Waals surface area contributed by atoms with E-state index in [0.717, 1.165) is 43.6 Å². The molecule has 0 bridgehead atoms. The number of aldehydes is 1. The summed E-state index contributed by atoms with van der Waals surface area (Å²) in [5.41, 5.74) is 2.53. The molecule has 4 heteroatoms. The maximum Gasteiger partial charge on any atom is 0.242 e. The van der Waals surface area contributed by atoms with Gasteiger partial charge in [-0.15, -0.1) is 0 Å². The van der Waals surface area contributed by atoms with Crippen LogP contribution >= 0.6 is 0 Å². The van der Waals surface area contributed by atoms with Gasteiger partial charge in [0, 0.05) is 30.0 Å². The Hall–Kier alpha value is -1.58. The van der Waals surface area contributed by atoms with Gasteiger partial charge in [0.15, 0.2) is 6.29 Å². The van der Waals surface area contributed by atoms with Crippen LogP contribution in [-0.2, 0) is 11.3 Å². The normalized spacial score (nSPS) is 15.8. The first-order chi connectivity index (χ1) is 8.63. The van der Waals surface area contributed by atoms with E-state index in [4.69, 9.17) is 0 Å². The number of nitrogens with zero attached hydrogens (tertiary/aromatic N) is 2. The summed E-state index contributed by atoms with van der Waals surface area (Å²) in [4.78, 5) is 25.0. The van der Waals surface area contributed by atoms with Crippen LogP contribution < -0.4 is 0 Å². The highest BCUT2D eigenvalue weighted by Gasteiger charge is 2.18. The Morgan fingerprint density at radius 1 is 1.28 bits per heavy atom. The van der Waals surface area contributed by atoms with E-state index in [-0.39, 0.29) is 5.91 Å². The highest BCUT2D eigenvalue weighted by atomic mass is 16.2. The van der Waals surface area contributed by atoms with E-state index in [1.165, 1.54) is 6.42 Å². The second-order valence-electron chi connectivity index (χ2n) is 4.97. The van der Waals surface area contributed by atoms with Gasteiger partial charge in [0.05, 0.1) is 0 Å². The molecule has 0 N–H and O–H groups in total. The molecule has 4 nitrogen and oxygen atoms in total. The smallest absolute Gasteiger partial charge is 0.242 e. The van der Waals surface area contributed by atoms with Crippen molar-refractivity contribution in [2.45, 2.75) is 39.7 Å². The van der Waals surface area contributed by atoms with E-state index in [9.17, 15) is 9.59 Å². The minimum absolute atomic E-state index is 0.161. The van der Waals surface area contributed by atoms with Crippen LogP contribution in [0.1, 0.15) is 41.0 Å². The van der Waals surface area contributed by atoms with Crippen molar-refractivity contribution in [3.8, 4) is 0 Å². The van der Waals surface area contributed by atoms with Crippen LogP contribution in [0, 0.1) is 13.8 Å². The number of amides is 1. The molecule has 0 radical (unpaired) electrons. The van der Waals surface area contributed by atoms with Crippen molar-refractivity contribution >= 4 is 12.2 Å². The molecular formula is C14H20N2O2. The molecule has 1 amide bonds. The van der Waals surface area contributed by atoms with Gasteiger partial charge in [-0.1, -0.05) is 0 Å². The summed E-state index contributed by atoms with van der Waals surface area (Å²) < 4.78 is 1.93. The van der Waals surface area contributed by atoms with Crippen molar-refractivity contribution in [2.75, 3.05) is 13.1 Å². The minimum Gasteiger partial charge on any atom is -0.341 e. The number of hydrogen-bond donors (Lipinski definition) is 0. The molecule has 0 aromatic carbocycles. The summed E-state index contributed by atoms with van der Waals surface area (Å²) in [6, 6.07) is 1.84. The highest BCUT2D eigenvalue weighted by molar-refractivity contribution is 5.79. The average molecular weight is 248 g/mol. The molecule has 0 saturated carbocycles. The summed E-state index contributed by atoms with van der Waals surface area (Å²) >= 11 is 0. The summed E-state index contributed by atoms with van der Waals surface area (Å²) in [5, 5.41) is 0. The lowest BCUT2D eigenvalue weighted by atomic mass is 10.1. The van der Waals surface area contributed by atoms with Crippen LogP contribution in [0.15, 0.2) is 6.07 Å². The topological polar surface area (TPSA) is 42.3 Å². The molecular weight excluding hydrogens is 228 g/mol. The third kappa shape index (κ3) is 2.47. The molecule has 1 saturated heterocycles. The Morgan fingerprint density at radius 3 is 2.50 bits per heavy atom. The molecule has 0 unspecified atom stereocenters. The molecule has 1 fully saturated rings. The lowest BCUT2D eigenvalue weighted by Crippen LogP contribution is -2.38. The average Bonchev–Trinajstić information content (AvgIpc) is 2.67. The lowest BCUT2D eigenvalue weighted by Gasteiger charge is -2.27. The van der Waals surface area contributed by atoms with Gasteiger partial charge in [0.2, 0.25) is 5.91 Å². The van der Waals surface area contributed by atoms with Crippen molar-refractivity contribution in [3.63, 3.8) is 0 Å². The van der Waals surface area contributed by atoms with Gasteiger partial charge in [0.25, 0.3) is 0 Å². The van der Waals surface area contributed by atoms with E-state index in [2.05, 4.69) is 0 Å². The number of hydrogen-bond acceptors (Lipinski definition) is 2. The molecule has 2 rings (SSSR count). The molecule has 2 heterocycles. The summed E-state index contributed by atoms with van der Waals surface area (Å²) in [6.45, 7) is 5.92. The minimum atomic E-state index is 0.161. The summed E-state index contributed by atoms with van der Waals surface area (Å²) in [5.74, 6) is 0.161. The summed E-state index contributed by atoms with van der Waals surface area (Å²) in [6.07, 6.45) is 4.29. The van der Waals surface area contributed by atoms with Gasteiger partial charge >= 0.3 is 0 Å². The first kappa shape index (κ1) is 12.9. The fourth-order valence-electron chi connectivity index (χ4n) is 2.57. The Morgan fingerprint density at radius 2 is 1.94 bits per heavy atom. The van der Waals surface area contributed by atoms with Crippen LogP contribution in [0.3, 0.4) is 0 Å². The Kier molecular flexibility index (Phi) is 3.84. The van der Waals surface area contributed by atoms with Gasteiger partial charge in [0.1, 0.15) is 6.54 Å². The Bertz CT molecular complexity index is 457. The molecule has 0 aliphatic carbocycles. The fraction of sp³-hybridized carbons (Fsp3) is 0.571. The largest absolute Gasteiger partial charge is 0.341 e. The van der Waals surface area contributed by atoms with E-state index in [1.807, 2.05) is 29.4 Å². The zero-order valence-corrected chi connectivity index (χ0v) is 11.1. The number of rotatable bonds is 3. The first-order valence-corrected chi connectivity index (χ1v) is 6.53. The number of aryl methyl sites for hydroxylation is 1. The SMILES string of the molecule is Cc1cc(C=O)c(C)n1CC(=O)N1CCCCC1. The Balaban J connectivity index is 2.11. The second-order valence-corrected chi connectivity index (χ2v) is 4.97. The van der Waals surface area contributed by atoms with Crippen LogP contribution in [0.4, 0.5) is 0 Å². The molecule has 1 aliphatic heterocycles. The van der Waals surface area contributed by atoms with E-state index in [0.29, 0.717) is 12.1 Å². The summed E-state index contributed by atoms with van der Waals surface area (Å²) in [7, 11) is 0. The van der Waals surface area contributed by atoms with Crippen LogP contribution in [0.5, 0.6) is 0 Å². The number of piperidine rings is 1.